The molecule has 15 heavy (non-hydrogen) atoms. The highest BCUT2D eigenvalue weighted by molar-refractivity contribution is 4.89. The van der Waals surface area contributed by atoms with Crippen LogP contribution in [0.5, 0.6) is 0 Å². The molecule has 1 aliphatic carbocycles. The lowest BCUT2D eigenvalue weighted by molar-refractivity contribution is -0.00798. The van der Waals surface area contributed by atoms with E-state index in [-0.39, 0.29) is 18.8 Å². The summed E-state index contributed by atoms with van der Waals surface area (Å²) >= 11 is 0. The monoisotopic (exact) mass is 215 g/mol. The number of hydrogen-bond donors (Lipinski definition) is 2. The summed E-state index contributed by atoms with van der Waals surface area (Å²) in [6, 6.07) is 0.0428. The van der Waals surface area contributed by atoms with Crippen LogP contribution in [0.2, 0.25) is 0 Å². The number of ether oxygens (including phenoxy) is 1. The Bertz CT molecular complexity index is 160. The normalized spacial score (nSPS) is 20.2. The molecule has 2 atom stereocenters. The summed E-state index contributed by atoms with van der Waals surface area (Å²) < 4.78 is 5.63. The van der Waals surface area contributed by atoms with Gasteiger partial charge in [-0.25, -0.2) is 0 Å². The highest BCUT2D eigenvalue weighted by Crippen LogP contribution is 2.33. The standard InChI is InChI=1S/C12H25NO2/c1-2-3-4-5-8-15-11(9-14)12(13)10-6-7-10/h10-12,14H,2-9,13H2,1H3. The lowest BCUT2D eigenvalue weighted by Gasteiger charge is -2.22. The minimum absolute atomic E-state index is 0.0428. The van der Waals surface area contributed by atoms with Gasteiger partial charge in [-0.1, -0.05) is 26.2 Å². The molecule has 0 aliphatic heterocycles. The van der Waals surface area contributed by atoms with Gasteiger partial charge in [-0.3, -0.25) is 0 Å². The lowest BCUT2D eigenvalue weighted by Crippen LogP contribution is -2.41. The number of rotatable bonds is 9. The SMILES string of the molecule is CCCCCCOC(CO)C(N)C1CC1. The third kappa shape index (κ3) is 4.96. The summed E-state index contributed by atoms with van der Waals surface area (Å²) in [5.74, 6) is 0.595. The maximum Gasteiger partial charge on any atom is 0.0958 e. The lowest BCUT2D eigenvalue weighted by atomic mass is 10.1. The average Bonchev–Trinajstić information content (AvgIpc) is 3.06. The molecule has 3 heteroatoms. The largest absolute Gasteiger partial charge is 0.394 e. The Kier molecular flexibility index (Phi) is 6.22. The first-order valence-corrected chi connectivity index (χ1v) is 6.27. The smallest absolute Gasteiger partial charge is 0.0958 e. The van der Waals surface area contributed by atoms with Gasteiger partial charge in [-0.15, -0.1) is 0 Å². The fraction of sp³-hybridized carbons (Fsp3) is 1.00. The summed E-state index contributed by atoms with van der Waals surface area (Å²) in [6.07, 6.45) is 7.08. The number of hydrogen-bond acceptors (Lipinski definition) is 3. The fourth-order valence-corrected chi connectivity index (χ4v) is 1.83. The molecule has 3 nitrogen and oxygen atoms in total. The van der Waals surface area contributed by atoms with Crippen LogP contribution in [0.15, 0.2) is 0 Å². The quantitative estimate of drug-likeness (QED) is 0.575. The van der Waals surface area contributed by atoms with E-state index in [1.807, 2.05) is 0 Å². The minimum Gasteiger partial charge on any atom is -0.394 e. The van der Waals surface area contributed by atoms with Crippen LogP contribution in [-0.4, -0.2) is 30.5 Å². The van der Waals surface area contributed by atoms with Crippen LogP contribution in [-0.2, 0) is 4.74 Å². The van der Waals surface area contributed by atoms with Crippen LogP contribution >= 0.6 is 0 Å². The van der Waals surface area contributed by atoms with Crippen LogP contribution in [0, 0.1) is 5.92 Å². The Hall–Kier alpha value is -0.120. The molecule has 1 aliphatic rings. The molecule has 0 amide bonds. The summed E-state index contributed by atoms with van der Waals surface area (Å²) in [6.45, 7) is 3.00. The van der Waals surface area contributed by atoms with Crippen LogP contribution in [0.3, 0.4) is 0 Å². The van der Waals surface area contributed by atoms with Crippen molar-refractivity contribution in [2.24, 2.45) is 11.7 Å². The number of nitrogens with two attached hydrogens (primary N) is 1. The van der Waals surface area contributed by atoms with Crippen molar-refractivity contribution in [3.05, 3.63) is 0 Å². The third-order valence-electron chi connectivity index (χ3n) is 3.11. The zero-order chi connectivity index (χ0) is 11.1. The van der Waals surface area contributed by atoms with Crippen LogP contribution in [0.25, 0.3) is 0 Å². The van der Waals surface area contributed by atoms with E-state index in [0.717, 1.165) is 13.0 Å². The van der Waals surface area contributed by atoms with E-state index in [2.05, 4.69) is 6.92 Å². The molecule has 0 saturated heterocycles. The molecule has 90 valence electrons. The fourth-order valence-electron chi connectivity index (χ4n) is 1.83. The Balaban J connectivity index is 2.05. The summed E-state index contributed by atoms with van der Waals surface area (Å²) in [5.41, 5.74) is 5.99. The van der Waals surface area contributed by atoms with Crippen molar-refractivity contribution in [1.82, 2.24) is 0 Å². The van der Waals surface area contributed by atoms with Crippen molar-refractivity contribution in [1.29, 1.82) is 0 Å². The summed E-state index contributed by atoms with van der Waals surface area (Å²) in [7, 11) is 0. The molecule has 1 saturated carbocycles. The van der Waals surface area contributed by atoms with Gasteiger partial charge >= 0.3 is 0 Å². The van der Waals surface area contributed by atoms with Crippen LogP contribution in [0.4, 0.5) is 0 Å². The maximum absolute atomic E-state index is 9.17. The molecule has 0 heterocycles. The maximum atomic E-state index is 9.17. The first-order chi connectivity index (χ1) is 7.29. The van der Waals surface area contributed by atoms with E-state index in [1.54, 1.807) is 0 Å². The van der Waals surface area contributed by atoms with Gasteiger partial charge in [0.1, 0.15) is 0 Å². The second kappa shape index (κ2) is 7.20. The molecule has 0 aromatic heterocycles. The predicted molar refractivity (Wildman–Crippen MR) is 61.7 cm³/mol. The molecule has 0 aromatic carbocycles. The van der Waals surface area contributed by atoms with Gasteiger partial charge in [-0.2, -0.15) is 0 Å². The molecule has 1 rings (SSSR count). The van der Waals surface area contributed by atoms with Crippen molar-refractivity contribution < 1.29 is 9.84 Å². The predicted octanol–water partition coefficient (Wildman–Crippen LogP) is 1.68. The summed E-state index contributed by atoms with van der Waals surface area (Å²) in [4.78, 5) is 0. The third-order valence-corrected chi connectivity index (χ3v) is 3.11. The van der Waals surface area contributed by atoms with Crippen LogP contribution in [0.1, 0.15) is 45.4 Å². The molecule has 2 unspecified atom stereocenters. The Morgan fingerprint density at radius 3 is 2.60 bits per heavy atom. The van der Waals surface area contributed by atoms with Gasteiger partial charge < -0.3 is 15.6 Å². The van der Waals surface area contributed by atoms with E-state index >= 15 is 0 Å². The van der Waals surface area contributed by atoms with Crippen molar-refractivity contribution in [2.75, 3.05) is 13.2 Å². The first kappa shape index (κ1) is 12.9. The Labute approximate surface area is 93.0 Å². The number of unbranched alkanes of at least 4 members (excludes halogenated alkanes) is 3. The summed E-state index contributed by atoms with van der Waals surface area (Å²) in [5, 5.41) is 9.17. The van der Waals surface area contributed by atoms with Gasteiger partial charge in [-0.05, 0) is 25.2 Å². The second-order valence-electron chi connectivity index (χ2n) is 4.57. The highest BCUT2D eigenvalue weighted by Gasteiger charge is 2.34. The molecular formula is C12H25NO2. The van der Waals surface area contributed by atoms with Gasteiger partial charge in [0, 0.05) is 12.6 Å². The Morgan fingerprint density at radius 1 is 1.33 bits per heavy atom. The first-order valence-electron chi connectivity index (χ1n) is 6.27. The topological polar surface area (TPSA) is 55.5 Å². The van der Waals surface area contributed by atoms with Crippen molar-refractivity contribution in [3.63, 3.8) is 0 Å². The zero-order valence-electron chi connectivity index (χ0n) is 9.82. The van der Waals surface area contributed by atoms with E-state index in [1.165, 1.54) is 32.1 Å². The van der Waals surface area contributed by atoms with Gasteiger partial charge in [0.25, 0.3) is 0 Å². The number of aliphatic hydroxyl groups is 1. The van der Waals surface area contributed by atoms with Gasteiger partial charge in [0.15, 0.2) is 0 Å². The molecule has 0 spiro atoms. The van der Waals surface area contributed by atoms with Crippen LogP contribution < -0.4 is 5.73 Å². The number of aliphatic hydroxyl groups excluding tert-OH is 1. The molecule has 1 fully saturated rings. The molecule has 0 radical (unpaired) electrons. The van der Waals surface area contributed by atoms with E-state index in [9.17, 15) is 5.11 Å². The van der Waals surface area contributed by atoms with E-state index in [0.29, 0.717) is 5.92 Å². The van der Waals surface area contributed by atoms with Crippen molar-refractivity contribution in [3.8, 4) is 0 Å². The van der Waals surface area contributed by atoms with Gasteiger partial charge in [0.2, 0.25) is 0 Å². The highest BCUT2D eigenvalue weighted by atomic mass is 16.5. The average molecular weight is 215 g/mol. The molecular weight excluding hydrogens is 190 g/mol. The second-order valence-corrected chi connectivity index (χ2v) is 4.57. The van der Waals surface area contributed by atoms with Crippen molar-refractivity contribution in [2.45, 2.75) is 57.6 Å². The zero-order valence-corrected chi connectivity index (χ0v) is 9.82. The van der Waals surface area contributed by atoms with E-state index < -0.39 is 0 Å². The van der Waals surface area contributed by atoms with Gasteiger partial charge in [0.05, 0.1) is 12.7 Å². The molecule has 0 bridgehead atoms. The minimum atomic E-state index is -0.140. The molecule has 3 N–H and O–H groups in total. The van der Waals surface area contributed by atoms with E-state index in [4.69, 9.17) is 10.5 Å². The molecule has 0 aromatic rings. The Morgan fingerprint density at radius 2 is 2.07 bits per heavy atom. The van der Waals surface area contributed by atoms with Crippen molar-refractivity contribution >= 4 is 0 Å².